The molecule has 2 aromatic carbocycles. The second-order valence-corrected chi connectivity index (χ2v) is 12.8. The van der Waals surface area contributed by atoms with Gasteiger partial charge >= 0.3 is 0 Å². The molecule has 5 atom stereocenters. The molecule has 3 fully saturated rings. The van der Waals surface area contributed by atoms with Gasteiger partial charge in [0.15, 0.2) is 11.8 Å². The number of aromatic nitrogens is 3. The van der Waals surface area contributed by atoms with Gasteiger partial charge in [0.25, 0.3) is 6.01 Å². The third-order valence-electron chi connectivity index (χ3n) is 7.60. The first kappa shape index (κ1) is 26.2. The van der Waals surface area contributed by atoms with E-state index < -0.39 is 22.1 Å². The lowest BCUT2D eigenvalue weighted by Crippen LogP contribution is -2.34. The molecule has 0 radical (unpaired) electrons. The van der Waals surface area contributed by atoms with Crippen LogP contribution in [0.2, 0.25) is 5.02 Å². The number of H-pyrrole nitrogens is 1. The molecule has 0 aliphatic carbocycles. The topological polar surface area (TPSA) is 146 Å². The molecular weight excluding hydrogens is 568 g/mol. The van der Waals surface area contributed by atoms with Gasteiger partial charge in [-0.05, 0) is 35.7 Å². The lowest BCUT2D eigenvalue weighted by atomic mass is 10.0. The normalized spacial score (nSPS) is 27.2. The van der Waals surface area contributed by atoms with Crippen LogP contribution >= 0.6 is 11.6 Å². The minimum absolute atomic E-state index is 0.224. The number of halogens is 1. The zero-order valence-corrected chi connectivity index (χ0v) is 23.2. The molecule has 0 saturated carbocycles. The smallest absolute Gasteiger partial charge is 0.296 e. The molecule has 7 rings (SSSR count). The van der Waals surface area contributed by atoms with Crippen molar-refractivity contribution < 1.29 is 23.5 Å². The summed E-state index contributed by atoms with van der Waals surface area (Å²) >= 11 is 6.61. The number of imidazole rings is 1. The number of nitrogens with one attached hydrogen (secondary N) is 1. The minimum Gasteiger partial charge on any atom is -0.456 e. The van der Waals surface area contributed by atoms with Crippen LogP contribution in [0.15, 0.2) is 59.0 Å². The molecule has 5 heterocycles. The van der Waals surface area contributed by atoms with Crippen molar-refractivity contribution in [3.63, 3.8) is 0 Å². The predicted molar refractivity (Wildman–Crippen MR) is 153 cm³/mol. The molecule has 0 bridgehead atoms. The average molecular weight is 593 g/mol. The minimum atomic E-state index is -2.70. The highest BCUT2D eigenvalue weighted by molar-refractivity contribution is 7.95. The lowest BCUT2D eigenvalue weighted by molar-refractivity contribution is 0.00706. The molecule has 3 aliphatic rings. The Morgan fingerprint density at radius 1 is 1.07 bits per heavy atom. The van der Waals surface area contributed by atoms with E-state index in [-0.39, 0.29) is 24.8 Å². The summed E-state index contributed by atoms with van der Waals surface area (Å²) in [5, 5.41) is 19.4. The maximum absolute atomic E-state index is 13.0. The Morgan fingerprint density at radius 3 is 2.54 bits per heavy atom. The molecule has 3 aliphatic heterocycles. The number of anilines is 1. The monoisotopic (exact) mass is 592 g/mol. The molecule has 11 nitrogen and oxygen atoms in total. The lowest BCUT2D eigenvalue weighted by Gasteiger charge is -2.19. The first-order valence-electron chi connectivity index (χ1n) is 13.2. The Kier molecular flexibility index (Phi) is 6.56. The van der Waals surface area contributed by atoms with E-state index in [9.17, 15) is 9.32 Å². The van der Waals surface area contributed by atoms with Crippen LogP contribution in [0.5, 0.6) is 6.01 Å². The van der Waals surface area contributed by atoms with Gasteiger partial charge in [-0.1, -0.05) is 48.0 Å². The van der Waals surface area contributed by atoms with E-state index in [1.165, 1.54) is 0 Å². The SMILES string of the molecule is N#CN=S1(=O)CCCN1c1ccc(-c2ccc(-c3nc4nc(O[C@@H]5COC6C5OC[C@H]6O)[nH]c4cc3Cl)cc2)cc1. The summed E-state index contributed by atoms with van der Waals surface area (Å²) in [5.74, 6) is 0.398. The molecule has 13 heteroatoms. The first-order chi connectivity index (χ1) is 19.9. The van der Waals surface area contributed by atoms with E-state index in [1.807, 2.05) is 48.5 Å². The number of fused-ring (bicyclic) bond motifs is 2. The maximum atomic E-state index is 13.0. The van der Waals surface area contributed by atoms with Crippen LogP contribution in [-0.4, -0.2) is 74.2 Å². The third-order valence-corrected chi connectivity index (χ3v) is 10.2. The summed E-state index contributed by atoms with van der Waals surface area (Å²) in [4.78, 5) is 12.3. The van der Waals surface area contributed by atoms with Crippen molar-refractivity contribution in [1.82, 2.24) is 15.0 Å². The summed E-state index contributed by atoms with van der Waals surface area (Å²) in [7, 11) is -2.70. The molecule has 4 aromatic rings. The number of hydrogen-bond donors (Lipinski definition) is 2. The molecule has 41 heavy (non-hydrogen) atoms. The highest BCUT2D eigenvalue weighted by Gasteiger charge is 2.48. The van der Waals surface area contributed by atoms with Gasteiger partial charge in [0, 0.05) is 12.1 Å². The van der Waals surface area contributed by atoms with Gasteiger partial charge in [-0.25, -0.2) is 9.19 Å². The Labute approximate surface area is 241 Å². The fraction of sp³-hybridized carbons (Fsp3) is 0.321. The number of rotatable bonds is 5. The number of ether oxygens (including phenoxy) is 3. The fourth-order valence-electron chi connectivity index (χ4n) is 5.58. The molecule has 0 amide bonds. The van der Waals surface area contributed by atoms with Crippen molar-refractivity contribution in [3.05, 3.63) is 59.6 Å². The Balaban J connectivity index is 1.09. The molecule has 210 valence electrons. The van der Waals surface area contributed by atoms with Crippen molar-refractivity contribution in [2.45, 2.75) is 30.8 Å². The van der Waals surface area contributed by atoms with E-state index >= 15 is 0 Å². The van der Waals surface area contributed by atoms with Crippen molar-refractivity contribution in [1.29, 1.82) is 5.26 Å². The second-order valence-electron chi connectivity index (χ2n) is 10.1. The van der Waals surface area contributed by atoms with E-state index in [0.29, 0.717) is 40.8 Å². The van der Waals surface area contributed by atoms with Gasteiger partial charge in [-0.3, -0.25) is 4.31 Å². The maximum Gasteiger partial charge on any atom is 0.296 e. The van der Waals surface area contributed by atoms with Crippen molar-refractivity contribution in [2.75, 3.05) is 29.8 Å². The average Bonchev–Trinajstić information content (AvgIpc) is 3.74. The summed E-state index contributed by atoms with van der Waals surface area (Å²) in [5.41, 5.74) is 5.29. The van der Waals surface area contributed by atoms with Crippen LogP contribution in [0, 0.1) is 11.5 Å². The number of aliphatic hydroxyl groups excluding tert-OH is 1. The molecule has 3 unspecified atom stereocenters. The van der Waals surface area contributed by atoms with Gasteiger partial charge < -0.3 is 24.3 Å². The van der Waals surface area contributed by atoms with Gasteiger partial charge in [-0.15, -0.1) is 4.36 Å². The highest BCUT2D eigenvalue weighted by atomic mass is 35.5. The van der Waals surface area contributed by atoms with Gasteiger partial charge in [0.2, 0.25) is 6.19 Å². The van der Waals surface area contributed by atoms with Crippen molar-refractivity contribution in [2.24, 2.45) is 4.36 Å². The molecule has 3 saturated heterocycles. The highest BCUT2D eigenvalue weighted by Crippen LogP contribution is 2.34. The second kappa shape index (κ2) is 10.3. The van der Waals surface area contributed by atoms with E-state index in [4.69, 9.17) is 31.1 Å². The molecule has 0 spiro atoms. The summed E-state index contributed by atoms with van der Waals surface area (Å²) < 4.78 is 35.6. The van der Waals surface area contributed by atoms with Crippen LogP contribution < -0.4 is 9.04 Å². The zero-order valence-electron chi connectivity index (χ0n) is 21.6. The van der Waals surface area contributed by atoms with Crippen molar-refractivity contribution in [3.8, 4) is 34.6 Å². The number of aliphatic hydroxyl groups is 1. The zero-order chi connectivity index (χ0) is 28.1. The largest absolute Gasteiger partial charge is 0.456 e. The first-order valence-corrected chi connectivity index (χ1v) is 15.2. The third kappa shape index (κ3) is 4.69. The Bertz CT molecular complexity index is 1780. The predicted octanol–water partition coefficient (Wildman–Crippen LogP) is 3.93. The standard InChI is InChI=1S/C28H25ClN6O5S/c29-20-12-21-27(34-28(32-21)40-23-14-39-25-22(36)13-38-26(23)25)33-24(20)18-4-2-16(3-5-18)17-6-8-19(9-7-17)35-10-1-11-41(35,37)31-15-30/h2-9,12,22-23,25-26,36H,1,10-11,13-14H2,(H,32,33,34)/t22-,23-,25?,26?,41?/m1/s1. The number of nitrogens with zero attached hydrogens (tertiary/aromatic N) is 5. The Morgan fingerprint density at radius 2 is 1.78 bits per heavy atom. The number of aromatic amines is 1. The fourth-order valence-corrected chi connectivity index (χ4v) is 7.75. The number of nitriles is 1. The molecule has 2 N–H and O–H groups in total. The number of pyridine rings is 1. The van der Waals surface area contributed by atoms with Crippen LogP contribution in [0.1, 0.15) is 6.42 Å². The summed E-state index contributed by atoms with van der Waals surface area (Å²) in [6.45, 7) is 1.13. The van der Waals surface area contributed by atoms with Crippen LogP contribution in [0.4, 0.5) is 5.69 Å². The summed E-state index contributed by atoms with van der Waals surface area (Å²) in [6.07, 6.45) is 0.665. The van der Waals surface area contributed by atoms with E-state index in [2.05, 4.69) is 19.3 Å². The van der Waals surface area contributed by atoms with Crippen LogP contribution in [0.3, 0.4) is 0 Å². The van der Waals surface area contributed by atoms with E-state index in [1.54, 1.807) is 16.6 Å². The molecular formula is C28H25ClN6O5S. The van der Waals surface area contributed by atoms with Crippen LogP contribution in [-0.2, 0) is 19.4 Å². The number of benzene rings is 2. The van der Waals surface area contributed by atoms with E-state index in [0.717, 1.165) is 28.8 Å². The van der Waals surface area contributed by atoms with Gasteiger partial charge in [0.1, 0.15) is 28.2 Å². The van der Waals surface area contributed by atoms with Crippen LogP contribution in [0.25, 0.3) is 33.5 Å². The number of hydrogen-bond acceptors (Lipinski definition) is 9. The summed E-state index contributed by atoms with van der Waals surface area (Å²) in [6, 6.07) is 17.7. The van der Waals surface area contributed by atoms with Crippen molar-refractivity contribution >= 4 is 38.4 Å². The quantitative estimate of drug-likeness (QED) is 0.332. The Hall–Kier alpha value is -3.73. The van der Waals surface area contributed by atoms with Gasteiger partial charge in [0.05, 0.1) is 40.9 Å². The van der Waals surface area contributed by atoms with Gasteiger partial charge in [-0.2, -0.15) is 10.2 Å². The molecule has 2 aromatic heterocycles.